The zero-order valence-corrected chi connectivity index (χ0v) is 18.7. The van der Waals surface area contributed by atoms with Crippen LogP contribution in [0.1, 0.15) is 11.1 Å². The van der Waals surface area contributed by atoms with Crippen LogP contribution in [-0.2, 0) is 11.4 Å². The van der Waals surface area contributed by atoms with Crippen molar-refractivity contribution in [3.8, 4) is 16.3 Å². The molecule has 1 N–H and O–H groups in total. The molecule has 4 aromatic rings. The normalized spacial score (nSPS) is 10.9. The third-order valence-electron chi connectivity index (χ3n) is 4.30. The van der Waals surface area contributed by atoms with Crippen LogP contribution in [0.3, 0.4) is 0 Å². The molecule has 0 bridgehead atoms. The molecule has 3 aromatic carbocycles. The van der Waals surface area contributed by atoms with Crippen molar-refractivity contribution in [3.63, 3.8) is 0 Å². The highest BCUT2D eigenvalue weighted by molar-refractivity contribution is 8.01. The molecule has 8 heteroatoms. The Morgan fingerprint density at radius 1 is 0.969 bits per heavy atom. The van der Waals surface area contributed by atoms with Gasteiger partial charge < -0.3 is 4.74 Å². The maximum atomic E-state index is 12.2. The van der Waals surface area contributed by atoms with Gasteiger partial charge >= 0.3 is 0 Å². The van der Waals surface area contributed by atoms with E-state index in [0.29, 0.717) is 12.4 Å². The minimum atomic E-state index is -0.217. The first kappa shape index (κ1) is 21.7. The quantitative estimate of drug-likeness (QED) is 0.215. The lowest BCUT2D eigenvalue weighted by molar-refractivity contribution is -0.118. The SMILES string of the molecule is O=C(CSc1nnc(-c2ccccc2)s1)NN=Cc1ccccc1OCc1ccccc1. The molecule has 0 unspecified atom stereocenters. The number of carbonyl (C=O) groups is 1. The lowest BCUT2D eigenvalue weighted by atomic mass is 10.2. The molecule has 32 heavy (non-hydrogen) atoms. The molecular formula is C24H20N4O2S2. The third-order valence-corrected chi connectivity index (χ3v) is 6.41. The van der Waals surface area contributed by atoms with Crippen LogP contribution in [0.2, 0.25) is 0 Å². The van der Waals surface area contributed by atoms with Gasteiger partial charge in [-0.1, -0.05) is 95.9 Å². The third kappa shape index (κ3) is 6.26. The second-order valence-electron chi connectivity index (χ2n) is 6.63. The van der Waals surface area contributed by atoms with E-state index in [4.69, 9.17) is 4.74 Å². The number of hydrazone groups is 1. The number of ether oxygens (including phenoxy) is 1. The number of para-hydroxylation sites is 1. The Kier molecular flexibility index (Phi) is 7.62. The first-order valence-corrected chi connectivity index (χ1v) is 11.7. The highest BCUT2D eigenvalue weighted by Gasteiger charge is 2.09. The van der Waals surface area contributed by atoms with Crippen LogP contribution in [0.25, 0.3) is 10.6 Å². The molecule has 1 heterocycles. The summed E-state index contributed by atoms with van der Waals surface area (Å²) in [5.74, 6) is 0.684. The molecule has 0 fully saturated rings. The summed E-state index contributed by atoms with van der Waals surface area (Å²) in [7, 11) is 0. The Morgan fingerprint density at radius 2 is 1.69 bits per heavy atom. The fraction of sp³-hybridized carbons (Fsp3) is 0.0833. The second-order valence-corrected chi connectivity index (χ2v) is 8.83. The highest BCUT2D eigenvalue weighted by atomic mass is 32.2. The Morgan fingerprint density at radius 3 is 2.50 bits per heavy atom. The minimum absolute atomic E-state index is 0.201. The maximum absolute atomic E-state index is 12.2. The number of aromatic nitrogens is 2. The van der Waals surface area contributed by atoms with E-state index >= 15 is 0 Å². The van der Waals surface area contributed by atoms with Gasteiger partial charge in [-0.05, 0) is 17.7 Å². The Balaban J connectivity index is 1.27. The molecule has 160 valence electrons. The van der Waals surface area contributed by atoms with Crippen molar-refractivity contribution < 1.29 is 9.53 Å². The molecule has 4 rings (SSSR count). The molecule has 6 nitrogen and oxygen atoms in total. The molecular weight excluding hydrogens is 440 g/mol. The van der Waals surface area contributed by atoms with E-state index in [1.165, 1.54) is 23.1 Å². The average molecular weight is 461 g/mol. The fourth-order valence-corrected chi connectivity index (χ4v) is 4.40. The van der Waals surface area contributed by atoms with Gasteiger partial charge in [-0.3, -0.25) is 4.79 Å². The first-order chi connectivity index (χ1) is 15.8. The van der Waals surface area contributed by atoms with Crippen LogP contribution < -0.4 is 10.2 Å². The molecule has 0 aliphatic carbocycles. The molecule has 1 aromatic heterocycles. The molecule has 0 atom stereocenters. The number of benzene rings is 3. The predicted octanol–water partition coefficient (Wildman–Crippen LogP) is 5.03. The molecule has 0 spiro atoms. The number of hydrogen-bond donors (Lipinski definition) is 1. The summed E-state index contributed by atoms with van der Waals surface area (Å²) in [5.41, 5.74) is 5.43. The van der Waals surface area contributed by atoms with Crippen LogP contribution in [0.15, 0.2) is 94.4 Å². The van der Waals surface area contributed by atoms with Gasteiger partial charge in [0.25, 0.3) is 5.91 Å². The highest BCUT2D eigenvalue weighted by Crippen LogP contribution is 2.28. The number of carbonyl (C=O) groups excluding carboxylic acids is 1. The summed E-state index contributed by atoms with van der Waals surface area (Å²) in [4.78, 5) is 12.2. The average Bonchev–Trinajstić information content (AvgIpc) is 3.33. The minimum Gasteiger partial charge on any atom is -0.488 e. The Bertz CT molecular complexity index is 1180. The number of nitrogens with one attached hydrogen (secondary N) is 1. The van der Waals surface area contributed by atoms with E-state index in [0.717, 1.165) is 26.0 Å². The van der Waals surface area contributed by atoms with E-state index in [2.05, 4.69) is 20.7 Å². The molecule has 0 saturated carbocycles. The van der Waals surface area contributed by atoms with Crippen LogP contribution >= 0.6 is 23.1 Å². The summed E-state index contributed by atoms with van der Waals surface area (Å²) in [6.07, 6.45) is 1.58. The van der Waals surface area contributed by atoms with E-state index in [1.54, 1.807) is 6.21 Å². The van der Waals surface area contributed by atoms with Gasteiger partial charge in [-0.25, -0.2) is 5.43 Å². The lowest BCUT2D eigenvalue weighted by Gasteiger charge is -2.08. The smallest absolute Gasteiger partial charge is 0.250 e. The van der Waals surface area contributed by atoms with Crippen LogP contribution in [0, 0.1) is 0 Å². The van der Waals surface area contributed by atoms with Crippen LogP contribution in [0.5, 0.6) is 5.75 Å². The van der Waals surface area contributed by atoms with E-state index in [9.17, 15) is 4.79 Å². The zero-order valence-electron chi connectivity index (χ0n) is 17.0. The summed E-state index contributed by atoms with van der Waals surface area (Å²) in [6, 6.07) is 27.3. The van der Waals surface area contributed by atoms with Crippen molar-refractivity contribution >= 4 is 35.2 Å². The number of nitrogens with zero attached hydrogens (tertiary/aromatic N) is 3. The monoisotopic (exact) mass is 460 g/mol. The van der Waals surface area contributed by atoms with Crippen molar-refractivity contribution in [1.82, 2.24) is 15.6 Å². The van der Waals surface area contributed by atoms with Gasteiger partial charge in [0.2, 0.25) is 0 Å². The van der Waals surface area contributed by atoms with Gasteiger partial charge in [0.1, 0.15) is 17.4 Å². The molecule has 1 amide bonds. The van der Waals surface area contributed by atoms with E-state index in [-0.39, 0.29) is 11.7 Å². The predicted molar refractivity (Wildman–Crippen MR) is 129 cm³/mol. The van der Waals surface area contributed by atoms with Gasteiger partial charge in [0.05, 0.1) is 12.0 Å². The molecule has 0 aliphatic heterocycles. The van der Waals surface area contributed by atoms with Gasteiger partial charge in [-0.15, -0.1) is 10.2 Å². The van der Waals surface area contributed by atoms with E-state index in [1.807, 2.05) is 84.9 Å². The maximum Gasteiger partial charge on any atom is 0.250 e. The van der Waals surface area contributed by atoms with Crippen molar-refractivity contribution in [2.24, 2.45) is 5.10 Å². The largest absolute Gasteiger partial charge is 0.488 e. The molecule has 0 radical (unpaired) electrons. The van der Waals surface area contributed by atoms with Crippen molar-refractivity contribution in [1.29, 1.82) is 0 Å². The fourth-order valence-electron chi connectivity index (χ4n) is 2.75. The topological polar surface area (TPSA) is 76.5 Å². The summed E-state index contributed by atoms with van der Waals surface area (Å²) in [5, 5.41) is 13.2. The van der Waals surface area contributed by atoms with Crippen molar-refractivity contribution in [2.45, 2.75) is 10.9 Å². The van der Waals surface area contributed by atoms with Gasteiger partial charge in [-0.2, -0.15) is 5.10 Å². The molecule has 0 saturated heterocycles. The lowest BCUT2D eigenvalue weighted by Crippen LogP contribution is -2.19. The van der Waals surface area contributed by atoms with Crippen LogP contribution in [0.4, 0.5) is 0 Å². The first-order valence-electron chi connectivity index (χ1n) is 9.87. The van der Waals surface area contributed by atoms with Crippen molar-refractivity contribution in [3.05, 3.63) is 96.1 Å². The van der Waals surface area contributed by atoms with Crippen LogP contribution in [-0.4, -0.2) is 28.1 Å². The van der Waals surface area contributed by atoms with Gasteiger partial charge in [0.15, 0.2) is 4.34 Å². The van der Waals surface area contributed by atoms with E-state index < -0.39 is 0 Å². The van der Waals surface area contributed by atoms with Crippen molar-refractivity contribution in [2.75, 3.05) is 5.75 Å². The second kappa shape index (κ2) is 11.2. The number of rotatable bonds is 9. The Hall–Kier alpha value is -3.49. The summed E-state index contributed by atoms with van der Waals surface area (Å²) >= 11 is 2.79. The number of thioether (sulfide) groups is 1. The van der Waals surface area contributed by atoms with Gasteiger partial charge in [0, 0.05) is 11.1 Å². The summed E-state index contributed by atoms with van der Waals surface area (Å²) < 4.78 is 6.64. The Labute approximate surface area is 194 Å². The summed E-state index contributed by atoms with van der Waals surface area (Å²) in [6.45, 7) is 0.460. The standard InChI is InChI=1S/C24H20N4O2S2/c29-22(17-31-24-28-27-23(32-24)19-11-5-2-6-12-19)26-25-15-20-13-7-8-14-21(20)30-16-18-9-3-1-4-10-18/h1-15H,16-17H2,(H,26,29). The number of amides is 1. The molecule has 0 aliphatic rings. The number of hydrogen-bond acceptors (Lipinski definition) is 7. The zero-order chi connectivity index (χ0) is 22.0.